The fraction of sp³-hybridized carbons (Fsp3) is 0.273. The molecule has 0 heterocycles. The molecule has 1 N–H and O–H groups in total. The van der Waals surface area contributed by atoms with Crippen molar-refractivity contribution in [2.45, 2.75) is 19.4 Å². The lowest BCUT2D eigenvalue weighted by atomic mass is 10.1. The van der Waals surface area contributed by atoms with Crippen LogP contribution in [0.1, 0.15) is 19.4 Å². The monoisotopic (exact) mass is 224 g/mol. The number of oxime groups is 1. The van der Waals surface area contributed by atoms with Gasteiger partial charge >= 0.3 is 0 Å². The molecule has 0 aliphatic rings. The van der Waals surface area contributed by atoms with Crippen molar-refractivity contribution in [2.75, 3.05) is 0 Å². The zero-order valence-electron chi connectivity index (χ0n) is 9.09. The fourth-order valence-corrected chi connectivity index (χ4v) is 1.05. The summed E-state index contributed by atoms with van der Waals surface area (Å²) < 4.78 is 13.3. The van der Waals surface area contributed by atoms with Crippen LogP contribution in [0.2, 0.25) is 0 Å². The predicted molar refractivity (Wildman–Crippen MR) is 59.6 cm³/mol. The Balaban J connectivity index is 2.96. The first kappa shape index (κ1) is 12.2. The van der Waals surface area contributed by atoms with Gasteiger partial charge < -0.3 is 10.4 Å². The van der Waals surface area contributed by atoms with Crippen LogP contribution in [0.3, 0.4) is 0 Å². The molecule has 0 aliphatic heterocycles. The molecule has 0 saturated carbocycles. The van der Waals surface area contributed by atoms with Crippen LogP contribution in [0.15, 0.2) is 29.4 Å². The van der Waals surface area contributed by atoms with Crippen molar-refractivity contribution in [3.05, 3.63) is 40.9 Å². The van der Waals surface area contributed by atoms with E-state index in [2.05, 4.69) is 5.16 Å². The van der Waals surface area contributed by atoms with E-state index in [-0.39, 0.29) is 5.82 Å². The largest absolute Gasteiger partial charge is 0.623 e. The first-order valence-corrected chi connectivity index (χ1v) is 4.71. The summed E-state index contributed by atoms with van der Waals surface area (Å²) in [5.74, 6) is -0.356. The smallest absolute Gasteiger partial charge is 0.205 e. The van der Waals surface area contributed by atoms with Gasteiger partial charge in [0, 0.05) is 19.4 Å². The van der Waals surface area contributed by atoms with Crippen LogP contribution in [0.4, 0.5) is 4.39 Å². The maximum atomic E-state index is 12.6. The Hall–Kier alpha value is -1.91. The van der Waals surface area contributed by atoms with E-state index in [0.29, 0.717) is 10.3 Å². The van der Waals surface area contributed by atoms with Gasteiger partial charge in [0.15, 0.2) is 6.21 Å². The normalized spacial score (nSPS) is 13.3. The van der Waals surface area contributed by atoms with Crippen LogP contribution in [0, 0.1) is 11.0 Å². The summed E-state index contributed by atoms with van der Waals surface area (Å²) in [4.78, 5) is 0. The molecule has 1 aromatic carbocycles. The number of hydrogen-bond acceptors (Lipinski definition) is 3. The molecule has 0 aromatic heterocycles. The van der Waals surface area contributed by atoms with Gasteiger partial charge in [-0.2, -0.15) is 0 Å². The molecule has 0 bridgehead atoms. The molecule has 0 atom stereocenters. The van der Waals surface area contributed by atoms with Crippen molar-refractivity contribution in [2.24, 2.45) is 5.16 Å². The summed E-state index contributed by atoms with van der Waals surface area (Å²) in [6.07, 6.45) is 2.43. The zero-order chi connectivity index (χ0) is 12.2. The third kappa shape index (κ3) is 3.05. The highest BCUT2D eigenvalue weighted by Gasteiger charge is 2.23. The van der Waals surface area contributed by atoms with E-state index in [1.165, 1.54) is 30.5 Å². The minimum atomic E-state index is -0.955. The van der Waals surface area contributed by atoms with Gasteiger partial charge in [0.05, 0.1) is 0 Å². The van der Waals surface area contributed by atoms with Crippen molar-refractivity contribution >= 4 is 12.4 Å². The maximum Gasteiger partial charge on any atom is 0.205 e. The second-order valence-electron chi connectivity index (χ2n) is 3.90. The average Bonchev–Trinajstić information content (AvgIpc) is 2.21. The Morgan fingerprint density at radius 2 is 1.94 bits per heavy atom. The number of hydrogen-bond donors (Lipinski definition) is 1. The quantitative estimate of drug-likeness (QED) is 0.280. The summed E-state index contributed by atoms with van der Waals surface area (Å²) in [6, 6.07) is 5.53. The molecule has 0 saturated heterocycles. The van der Waals surface area contributed by atoms with Crippen LogP contribution >= 0.6 is 0 Å². The Labute approximate surface area is 92.9 Å². The molecule has 0 spiro atoms. The first-order valence-electron chi connectivity index (χ1n) is 4.71. The molecule has 4 nitrogen and oxygen atoms in total. The second-order valence-corrected chi connectivity index (χ2v) is 3.90. The van der Waals surface area contributed by atoms with Crippen molar-refractivity contribution in [1.82, 2.24) is 0 Å². The Bertz CT molecular complexity index is 410. The topological polar surface area (TPSA) is 58.7 Å². The Morgan fingerprint density at radius 3 is 2.44 bits per heavy atom. The molecule has 0 fully saturated rings. The lowest BCUT2D eigenvalue weighted by Crippen LogP contribution is -2.35. The van der Waals surface area contributed by atoms with Gasteiger partial charge in [-0.25, -0.2) is 9.13 Å². The lowest BCUT2D eigenvalue weighted by molar-refractivity contribution is -0.511. The van der Waals surface area contributed by atoms with Crippen molar-refractivity contribution in [1.29, 1.82) is 0 Å². The highest BCUT2D eigenvalue weighted by Crippen LogP contribution is 2.06. The van der Waals surface area contributed by atoms with Crippen LogP contribution in [-0.2, 0) is 0 Å². The molecule has 5 heteroatoms. The Kier molecular flexibility index (Phi) is 3.60. The van der Waals surface area contributed by atoms with Crippen LogP contribution < -0.4 is 0 Å². The van der Waals surface area contributed by atoms with Crippen molar-refractivity contribution < 1.29 is 14.3 Å². The van der Waals surface area contributed by atoms with Gasteiger partial charge in [-0.15, -0.1) is 0 Å². The summed E-state index contributed by atoms with van der Waals surface area (Å²) in [5.41, 5.74) is -0.376. The van der Waals surface area contributed by atoms with E-state index in [9.17, 15) is 9.60 Å². The first-order chi connectivity index (χ1) is 7.45. The minimum Gasteiger partial charge on any atom is -0.623 e. The molecular formula is C11H13FN2O2. The molecule has 0 radical (unpaired) electrons. The van der Waals surface area contributed by atoms with Crippen LogP contribution in [0.25, 0.3) is 0 Å². The maximum absolute atomic E-state index is 12.6. The zero-order valence-corrected chi connectivity index (χ0v) is 9.09. The van der Waals surface area contributed by atoms with Gasteiger partial charge in [-0.3, -0.25) is 0 Å². The predicted octanol–water partition coefficient (Wildman–Crippen LogP) is 1.99. The van der Waals surface area contributed by atoms with Crippen molar-refractivity contribution in [3.63, 3.8) is 0 Å². The molecular weight excluding hydrogens is 211 g/mol. The van der Waals surface area contributed by atoms with Gasteiger partial charge in [0.1, 0.15) is 12.0 Å². The third-order valence-electron chi connectivity index (χ3n) is 2.08. The van der Waals surface area contributed by atoms with Gasteiger partial charge in [-0.1, -0.05) is 5.16 Å². The number of benzene rings is 1. The van der Waals surface area contributed by atoms with Crippen molar-refractivity contribution in [3.8, 4) is 0 Å². The summed E-state index contributed by atoms with van der Waals surface area (Å²) in [5, 5.41) is 22.9. The second kappa shape index (κ2) is 4.74. The number of hydroxylamine groups is 1. The SMILES string of the molecule is CC(C)(/C=N/O)/[N+]([O-])=C\c1ccc(F)cc1. The molecule has 1 rings (SSSR count). The van der Waals surface area contributed by atoms with E-state index < -0.39 is 5.54 Å². The fourth-order valence-electron chi connectivity index (χ4n) is 1.05. The molecule has 86 valence electrons. The van der Waals surface area contributed by atoms with E-state index in [1.807, 2.05) is 0 Å². The molecule has 1 aromatic rings. The van der Waals surface area contributed by atoms with Gasteiger partial charge in [0.2, 0.25) is 5.54 Å². The third-order valence-corrected chi connectivity index (χ3v) is 2.08. The highest BCUT2D eigenvalue weighted by atomic mass is 19.1. The highest BCUT2D eigenvalue weighted by molar-refractivity contribution is 5.77. The van der Waals surface area contributed by atoms with Gasteiger partial charge in [-0.05, 0) is 24.3 Å². The Morgan fingerprint density at radius 1 is 1.38 bits per heavy atom. The van der Waals surface area contributed by atoms with Gasteiger partial charge in [0.25, 0.3) is 0 Å². The lowest BCUT2D eigenvalue weighted by Gasteiger charge is -2.18. The van der Waals surface area contributed by atoms with E-state index in [1.54, 1.807) is 13.8 Å². The van der Waals surface area contributed by atoms with Crippen LogP contribution in [-0.4, -0.2) is 27.9 Å². The number of rotatable bonds is 3. The summed E-state index contributed by atoms with van der Waals surface area (Å²) in [6.45, 7) is 3.19. The molecule has 0 unspecified atom stereocenters. The standard InChI is InChI=1S/C11H13FN2O2/c1-11(2,8-13-15)14(16)7-9-3-5-10(12)6-4-9/h3-8,15H,1-2H3/b13-8+,14-7+. The number of halogens is 1. The molecule has 16 heavy (non-hydrogen) atoms. The minimum absolute atomic E-state index is 0.356. The van der Waals surface area contributed by atoms with E-state index in [4.69, 9.17) is 5.21 Å². The molecule has 0 amide bonds. The summed E-state index contributed by atoms with van der Waals surface area (Å²) in [7, 11) is 0. The van der Waals surface area contributed by atoms with Crippen LogP contribution in [0.5, 0.6) is 0 Å². The number of nitrogens with zero attached hydrogens (tertiary/aromatic N) is 2. The van der Waals surface area contributed by atoms with E-state index >= 15 is 0 Å². The summed E-state index contributed by atoms with van der Waals surface area (Å²) >= 11 is 0. The average molecular weight is 224 g/mol. The van der Waals surface area contributed by atoms with E-state index in [0.717, 1.165) is 6.21 Å². The molecule has 0 aliphatic carbocycles.